The fraction of sp³-hybridized carbons (Fsp3) is 0.300. The lowest BCUT2D eigenvalue weighted by molar-refractivity contribution is 0.259. The zero-order valence-corrected chi connectivity index (χ0v) is 16.3. The van der Waals surface area contributed by atoms with Crippen LogP contribution in [0.25, 0.3) is 0 Å². The van der Waals surface area contributed by atoms with Crippen LogP contribution in [-0.2, 0) is 6.42 Å². The summed E-state index contributed by atoms with van der Waals surface area (Å²) in [4.78, 5) is 4.08. The molecular weight excluding hydrogens is 380 g/mol. The molecule has 1 aliphatic rings. The van der Waals surface area contributed by atoms with Crippen LogP contribution >= 0.6 is 12.2 Å². The highest BCUT2D eigenvalue weighted by molar-refractivity contribution is 7.80. The van der Waals surface area contributed by atoms with Gasteiger partial charge in [-0.15, -0.1) is 0 Å². The Bertz CT molecular complexity index is 813. The van der Waals surface area contributed by atoms with Gasteiger partial charge in [0.25, 0.3) is 0 Å². The molecule has 0 radical (unpaired) electrons. The van der Waals surface area contributed by atoms with Crippen LogP contribution in [0.4, 0.5) is 14.5 Å². The third-order valence-corrected chi connectivity index (χ3v) is 4.77. The molecule has 148 valence electrons. The molecule has 0 aliphatic carbocycles. The van der Waals surface area contributed by atoms with Gasteiger partial charge < -0.3 is 10.6 Å². The van der Waals surface area contributed by atoms with E-state index in [9.17, 15) is 8.78 Å². The number of hydrogen-bond donors (Lipinski definition) is 2. The van der Waals surface area contributed by atoms with Crippen molar-refractivity contribution < 1.29 is 8.78 Å². The summed E-state index contributed by atoms with van der Waals surface area (Å²) in [6.07, 6.45) is 2.24. The van der Waals surface area contributed by atoms with Gasteiger partial charge >= 0.3 is 0 Å². The summed E-state index contributed by atoms with van der Waals surface area (Å²) in [7, 11) is 0. The number of benzene rings is 2. The highest BCUT2D eigenvalue weighted by Crippen LogP contribution is 2.25. The molecule has 0 aromatic heterocycles. The van der Waals surface area contributed by atoms with Gasteiger partial charge in [-0.25, -0.2) is 8.78 Å². The lowest BCUT2D eigenvalue weighted by atomic mass is 10.1. The van der Waals surface area contributed by atoms with Crippen LogP contribution in [0, 0.1) is 11.6 Å². The number of hydrazone groups is 1. The molecule has 0 spiro atoms. The van der Waals surface area contributed by atoms with Crippen molar-refractivity contribution in [3.05, 3.63) is 65.2 Å². The van der Waals surface area contributed by atoms with E-state index >= 15 is 0 Å². The Kier molecular flexibility index (Phi) is 6.89. The second-order valence-electron chi connectivity index (χ2n) is 6.63. The molecule has 8 heteroatoms. The van der Waals surface area contributed by atoms with Crippen LogP contribution in [-0.4, -0.2) is 49.0 Å². The van der Waals surface area contributed by atoms with E-state index in [1.165, 1.54) is 23.9 Å². The quantitative estimate of drug-likeness (QED) is 0.441. The second-order valence-corrected chi connectivity index (χ2v) is 7.07. The maximum absolute atomic E-state index is 14.5. The predicted molar refractivity (Wildman–Crippen MR) is 113 cm³/mol. The van der Waals surface area contributed by atoms with E-state index in [0.29, 0.717) is 18.7 Å². The smallest absolute Gasteiger partial charge is 0.184 e. The van der Waals surface area contributed by atoms with Gasteiger partial charge in [-0.2, -0.15) is 5.10 Å². The van der Waals surface area contributed by atoms with Crippen molar-refractivity contribution >= 4 is 29.2 Å². The van der Waals surface area contributed by atoms with Gasteiger partial charge in [0.1, 0.15) is 17.3 Å². The third kappa shape index (κ3) is 5.46. The van der Waals surface area contributed by atoms with Gasteiger partial charge in [-0.1, -0.05) is 30.3 Å². The van der Waals surface area contributed by atoms with Crippen molar-refractivity contribution in [2.45, 2.75) is 6.42 Å². The average molecular weight is 404 g/mol. The first-order chi connectivity index (χ1) is 13.5. The second kappa shape index (κ2) is 9.57. The fourth-order valence-electron chi connectivity index (χ4n) is 3.26. The first-order valence-electron chi connectivity index (χ1n) is 9.11. The summed E-state index contributed by atoms with van der Waals surface area (Å²) >= 11 is 4.62. The standard InChI is InChI=1S/C20H23F2N5S/c21-17-12-16(14-24-25-20(23)28)13-18(22)19(17)27-10-8-26(9-11-27)7-6-15-4-2-1-3-5-15/h1-5,12-14H,6-11H2,(H3,23,25,28). The Morgan fingerprint density at radius 3 is 2.36 bits per heavy atom. The molecule has 28 heavy (non-hydrogen) atoms. The van der Waals surface area contributed by atoms with Gasteiger partial charge in [-0.05, 0) is 36.3 Å². The molecule has 2 aromatic carbocycles. The summed E-state index contributed by atoms with van der Waals surface area (Å²) in [6.45, 7) is 3.64. The van der Waals surface area contributed by atoms with Gasteiger partial charge in [-0.3, -0.25) is 10.3 Å². The topological polar surface area (TPSA) is 56.9 Å². The minimum absolute atomic E-state index is 0.0149. The van der Waals surface area contributed by atoms with Crippen LogP contribution in [0.1, 0.15) is 11.1 Å². The molecule has 1 saturated heterocycles. The number of nitrogens with two attached hydrogens (primary N) is 1. The SMILES string of the molecule is NC(=S)NN=Cc1cc(F)c(N2CCN(CCc3ccccc3)CC2)c(F)c1. The highest BCUT2D eigenvalue weighted by atomic mass is 32.1. The van der Waals surface area contributed by atoms with Crippen LogP contribution in [0.3, 0.4) is 0 Å². The molecule has 0 atom stereocenters. The average Bonchev–Trinajstić information content (AvgIpc) is 2.67. The number of rotatable bonds is 6. The lowest BCUT2D eigenvalue weighted by Gasteiger charge is -2.36. The normalized spacial score (nSPS) is 15.1. The van der Waals surface area contributed by atoms with E-state index < -0.39 is 11.6 Å². The zero-order chi connectivity index (χ0) is 19.9. The van der Waals surface area contributed by atoms with Crippen molar-refractivity contribution in [3.63, 3.8) is 0 Å². The van der Waals surface area contributed by atoms with Gasteiger partial charge in [0.2, 0.25) is 0 Å². The van der Waals surface area contributed by atoms with E-state index in [4.69, 9.17) is 5.73 Å². The monoisotopic (exact) mass is 403 g/mol. The van der Waals surface area contributed by atoms with Gasteiger partial charge in [0.05, 0.1) is 6.21 Å². The van der Waals surface area contributed by atoms with Crippen molar-refractivity contribution in [2.24, 2.45) is 10.8 Å². The number of piperazine rings is 1. The third-order valence-electron chi connectivity index (χ3n) is 4.68. The van der Waals surface area contributed by atoms with Crippen LogP contribution < -0.4 is 16.1 Å². The van der Waals surface area contributed by atoms with E-state index in [-0.39, 0.29) is 10.8 Å². The Labute approximate surface area is 168 Å². The summed E-state index contributed by atoms with van der Waals surface area (Å²) in [5, 5.41) is 3.71. The molecule has 0 unspecified atom stereocenters. The Balaban J connectivity index is 1.57. The molecule has 5 nitrogen and oxygen atoms in total. The number of anilines is 1. The van der Waals surface area contributed by atoms with E-state index in [1.54, 1.807) is 4.90 Å². The summed E-state index contributed by atoms with van der Waals surface area (Å²) in [5.74, 6) is -1.20. The van der Waals surface area contributed by atoms with Gasteiger partial charge in [0, 0.05) is 38.3 Å². The molecule has 3 rings (SSSR count). The first kappa shape index (κ1) is 20.2. The summed E-state index contributed by atoms with van der Waals surface area (Å²) in [5.41, 5.74) is 9.22. The zero-order valence-electron chi connectivity index (χ0n) is 15.4. The molecule has 0 amide bonds. The molecule has 2 aromatic rings. The summed E-state index contributed by atoms with van der Waals surface area (Å²) in [6, 6.07) is 12.8. The molecular formula is C20H23F2N5S. The lowest BCUT2D eigenvalue weighted by Crippen LogP contribution is -2.47. The number of nitrogens with one attached hydrogen (secondary N) is 1. The van der Waals surface area contributed by atoms with Crippen molar-refractivity contribution in [1.29, 1.82) is 0 Å². The van der Waals surface area contributed by atoms with Crippen LogP contribution in [0.2, 0.25) is 0 Å². The maximum atomic E-state index is 14.5. The minimum Gasteiger partial charge on any atom is -0.375 e. The van der Waals surface area contributed by atoms with Crippen LogP contribution in [0.15, 0.2) is 47.6 Å². The maximum Gasteiger partial charge on any atom is 0.184 e. The number of halogens is 2. The molecule has 1 fully saturated rings. The van der Waals surface area contributed by atoms with E-state index in [0.717, 1.165) is 26.1 Å². The number of thiocarbonyl (C=S) groups is 1. The minimum atomic E-state index is -0.602. The van der Waals surface area contributed by atoms with E-state index in [2.05, 4.69) is 39.8 Å². The fourth-order valence-corrected chi connectivity index (χ4v) is 3.31. The molecule has 1 heterocycles. The van der Waals surface area contributed by atoms with Crippen molar-refractivity contribution in [3.8, 4) is 0 Å². The molecule has 0 bridgehead atoms. The Hall–Kier alpha value is -2.58. The van der Waals surface area contributed by atoms with Gasteiger partial charge in [0.15, 0.2) is 5.11 Å². The Morgan fingerprint density at radius 1 is 1.11 bits per heavy atom. The largest absolute Gasteiger partial charge is 0.375 e. The van der Waals surface area contributed by atoms with Crippen molar-refractivity contribution in [2.75, 3.05) is 37.6 Å². The van der Waals surface area contributed by atoms with Crippen LogP contribution in [0.5, 0.6) is 0 Å². The number of nitrogens with zero attached hydrogens (tertiary/aromatic N) is 3. The highest BCUT2D eigenvalue weighted by Gasteiger charge is 2.22. The Morgan fingerprint density at radius 2 is 1.75 bits per heavy atom. The summed E-state index contributed by atoms with van der Waals surface area (Å²) < 4.78 is 29.0. The van der Waals surface area contributed by atoms with E-state index in [1.807, 2.05) is 18.2 Å². The first-order valence-corrected chi connectivity index (χ1v) is 9.52. The molecule has 0 saturated carbocycles. The predicted octanol–water partition coefficient (Wildman–Crippen LogP) is 2.50. The molecule has 1 aliphatic heterocycles. The number of hydrogen-bond acceptors (Lipinski definition) is 4. The van der Waals surface area contributed by atoms with Crippen molar-refractivity contribution in [1.82, 2.24) is 10.3 Å². The molecule has 3 N–H and O–H groups in total.